The van der Waals surface area contributed by atoms with E-state index in [1.807, 2.05) is 12.1 Å². The van der Waals surface area contributed by atoms with E-state index in [1.54, 1.807) is 12.1 Å². The maximum Gasteiger partial charge on any atom is 0.189 e. The van der Waals surface area contributed by atoms with Crippen molar-refractivity contribution < 1.29 is 0 Å². The van der Waals surface area contributed by atoms with E-state index in [1.165, 1.54) is 17.7 Å². The average Bonchev–Trinajstić information content (AvgIpc) is 2.84. The molecule has 2 aromatic heterocycles. The van der Waals surface area contributed by atoms with Crippen molar-refractivity contribution in [2.75, 3.05) is 5.32 Å². The zero-order valence-corrected chi connectivity index (χ0v) is 11.0. The van der Waals surface area contributed by atoms with Crippen LogP contribution in [-0.4, -0.2) is 15.0 Å². The van der Waals surface area contributed by atoms with Gasteiger partial charge >= 0.3 is 0 Å². The smallest absolute Gasteiger partial charge is 0.189 e. The molecule has 2 heterocycles. The standard InChI is InChI=1S/C12H6ClN5S/c1-14-7-2-4-8(5-3-7)17-12-18-11-9(19-12)10(13)15-6-16-11/h2-6H,(H,15,16,17,18). The van der Waals surface area contributed by atoms with E-state index in [9.17, 15) is 0 Å². The highest BCUT2D eigenvalue weighted by atomic mass is 35.5. The minimum atomic E-state index is 0.402. The van der Waals surface area contributed by atoms with Crippen LogP contribution in [-0.2, 0) is 0 Å². The molecule has 0 spiro atoms. The van der Waals surface area contributed by atoms with Gasteiger partial charge in [0, 0.05) is 5.69 Å². The summed E-state index contributed by atoms with van der Waals surface area (Å²) in [6, 6.07) is 7.14. The molecule has 0 saturated heterocycles. The van der Waals surface area contributed by atoms with Gasteiger partial charge in [0.15, 0.2) is 21.6 Å². The van der Waals surface area contributed by atoms with Crippen LogP contribution >= 0.6 is 22.9 Å². The lowest BCUT2D eigenvalue weighted by Crippen LogP contribution is -1.88. The number of nitrogens with one attached hydrogen (secondary N) is 1. The molecule has 0 radical (unpaired) electrons. The Morgan fingerprint density at radius 2 is 2.00 bits per heavy atom. The van der Waals surface area contributed by atoms with Crippen molar-refractivity contribution in [3.8, 4) is 0 Å². The summed E-state index contributed by atoms with van der Waals surface area (Å²) in [6.45, 7) is 6.90. The number of nitrogens with zero attached hydrogens (tertiary/aromatic N) is 4. The number of thiazole rings is 1. The van der Waals surface area contributed by atoms with Crippen molar-refractivity contribution in [2.45, 2.75) is 0 Å². The Bertz CT molecular complexity index is 775. The van der Waals surface area contributed by atoms with Crippen LogP contribution in [0.1, 0.15) is 0 Å². The molecule has 1 aromatic carbocycles. The molecule has 19 heavy (non-hydrogen) atoms. The third kappa shape index (κ3) is 2.34. The molecule has 3 aromatic rings. The molecule has 7 heteroatoms. The number of fused-ring (bicyclic) bond motifs is 1. The number of hydrogen-bond acceptors (Lipinski definition) is 5. The molecule has 0 aliphatic carbocycles. The molecular weight excluding hydrogens is 282 g/mol. The van der Waals surface area contributed by atoms with E-state index < -0.39 is 0 Å². The molecule has 0 atom stereocenters. The number of hydrogen-bond donors (Lipinski definition) is 1. The van der Waals surface area contributed by atoms with Crippen LogP contribution in [0.15, 0.2) is 30.6 Å². The first-order valence-corrected chi connectivity index (χ1v) is 6.47. The van der Waals surface area contributed by atoms with Crippen LogP contribution < -0.4 is 5.32 Å². The molecule has 92 valence electrons. The Morgan fingerprint density at radius 1 is 1.21 bits per heavy atom. The van der Waals surface area contributed by atoms with Gasteiger partial charge in [-0.3, -0.25) is 0 Å². The molecule has 5 nitrogen and oxygen atoms in total. The van der Waals surface area contributed by atoms with Crippen LogP contribution in [0, 0.1) is 6.57 Å². The molecular formula is C12H6ClN5S. The molecule has 0 aliphatic rings. The van der Waals surface area contributed by atoms with E-state index in [0.717, 1.165) is 10.4 Å². The number of anilines is 2. The highest BCUT2D eigenvalue weighted by Crippen LogP contribution is 2.31. The van der Waals surface area contributed by atoms with Gasteiger partial charge in [-0.25, -0.2) is 14.8 Å². The highest BCUT2D eigenvalue weighted by molar-refractivity contribution is 7.22. The lowest BCUT2D eigenvalue weighted by atomic mass is 10.3. The van der Waals surface area contributed by atoms with Crippen molar-refractivity contribution >= 4 is 49.8 Å². The third-order valence-corrected chi connectivity index (χ3v) is 3.76. The number of benzene rings is 1. The Morgan fingerprint density at radius 3 is 2.68 bits per heavy atom. The van der Waals surface area contributed by atoms with Gasteiger partial charge in [0.2, 0.25) is 0 Å². The van der Waals surface area contributed by atoms with Gasteiger partial charge in [-0.1, -0.05) is 35.1 Å². The molecule has 1 N–H and O–H groups in total. The first-order chi connectivity index (χ1) is 9.26. The average molecular weight is 288 g/mol. The summed E-state index contributed by atoms with van der Waals surface area (Å²) >= 11 is 7.36. The Hall–Kier alpha value is -2.23. The van der Waals surface area contributed by atoms with Crippen LogP contribution in [0.3, 0.4) is 0 Å². The Labute approximate surface area is 117 Å². The second-order valence-corrected chi connectivity index (χ2v) is 4.98. The van der Waals surface area contributed by atoms with E-state index in [4.69, 9.17) is 18.2 Å². The van der Waals surface area contributed by atoms with Crippen molar-refractivity contribution in [1.29, 1.82) is 0 Å². The van der Waals surface area contributed by atoms with Crippen LogP contribution in [0.2, 0.25) is 5.15 Å². The van der Waals surface area contributed by atoms with Crippen LogP contribution in [0.4, 0.5) is 16.5 Å². The molecule has 0 unspecified atom stereocenters. The van der Waals surface area contributed by atoms with Gasteiger partial charge in [-0.2, -0.15) is 4.98 Å². The fourth-order valence-corrected chi connectivity index (χ4v) is 2.59. The summed E-state index contributed by atoms with van der Waals surface area (Å²) in [4.78, 5) is 15.6. The normalized spacial score (nSPS) is 10.3. The maximum absolute atomic E-state index is 6.90. The van der Waals surface area contributed by atoms with Gasteiger partial charge in [-0.05, 0) is 12.1 Å². The van der Waals surface area contributed by atoms with Crippen molar-refractivity contribution in [2.24, 2.45) is 0 Å². The van der Waals surface area contributed by atoms with Crippen LogP contribution in [0.25, 0.3) is 15.2 Å². The third-order valence-electron chi connectivity index (χ3n) is 2.40. The van der Waals surface area contributed by atoms with E-state index in [-0.39, 0.29) is 0 Å². The lowest BCUT2D eigenvalue weighted by Gasteiger charge is -2.01. The van der Waals surface area contributed by atoms with Gasteiger partial charge in [0.25, 0.3) is 0 Å². The molecule has 0 amide bonds. The zero-order valence-electron chi connectivity index (χ0n) is 9.46. The topological polar surface area (TPSA) is 55.1 Å². The molecule has 0 aliphatic heterocycles. The summed E-state index contributed by atoms with van der Waals surface area (Å²) in [6.07, 6.45) is 1.39. The zero-order chi connectivity index (χ0) is 13.2. The quantitative estimate of drug-likeness (QED) is 0.571. The summed E-state index contributed by atoms with van der Waals surface area (Å²) in [7, 11) is 0. The largest absolute Gasteiger partial charge is 0.332 e. The van der Waals surface area contributed by atoms with E-state index in [0.29, 0.717) is 21.6 Å². The molecule has 0 bridgehead atoms. The summed E-state index contributed by atoms with van der Waals surface area (Å²) in [5.74, 6) is 0. The van der Waals surface area contributed by atoms with Gasteiger partial charge in [0.05, 0.1) is 6.57 Å². The molecule has 0 saturated carbocycles. The summed E-state index contributed by atoms with van der Waals surface area (Å²) < 4.78 is 0.754. The minimum Gasteiger partial charge on any atom is -0.332 e. The van der Waals surface area contributed by atoms with Gasteiger partial charge in [-0.15, -0.1) is 0 Å². The Balaban J connectivity index is 1.92. The maximum atomic E-state index is 6.90. The van der Waals surface area contributed by atoms with Gasteiger partial charge < -0.3 is 5.32 Å². The molecule has 3 rings (SSSR count). The van der Waals surface area contributed by atoms with E-state index >= 15 is 0 Å². The van der Waals surface area contributed by atoms with Gasteiger partial charge in [0.1, 0.15) is 11.0 Å². The van der Waals surface area contributed by atoms with Crippen molar-refractivity contribution in [3.05, 3.63) is 47.2 Å². The second-order valence-electron chi connectivity index (χ2n) is 3.62. The number of rotatable bonds is 2. The molecule has 0 fully saturated rings. The van der Waals surface area contributed by atoms with Crippen LogP contribution in [0.5, 0.6) is 0 Å². The monoisotopic (exact) mass is 287 g/mol. The van der Waals surface area contributed by atoms with Crippen molar-refractivity contribution in [3.63, 3.8) is 0 Å². The summed E-state index contributed by atoms with van der Waals surface area (Å²) in [5, 5.41) is 4.24. The van der Waals surface area contributed by atoms with E-state index in [2.05, 4.69) is 25.1 Å². The predicted octanol–water partition coefficient (Wildman–Crippen LogP) is 4.03. The highest BCUT2D eigenvalue weighted by Gasteiger charge is 2.08. The summed E-state index contributed by atoms with van der Waals surface area (Å²) in [5.41, 5.74) is 2.03. The number of halogens is 1. The van der Waals surface area contributed by atoms with Crippen molar-refractivity contribution in [1.82, 2.24) is 15.0 Å². The first kappa shape index (κ1) is 11.8. The fraction of sp³-hybridized carbons (Fsp3) is 0. The second kappa shape index (κ2) is 4.80. The first-order valence-electron chi connectivity index (χ1n) is 5.28. The fourth-order valence-electron chi connectivity index (χ4n) is 1.52. The minimum absolute atomic E-state index is 0.402. The SMILES string of the molecule is [C-]#[N+]c1ccc(Nc2nc3ncnc(Cl)c3s2)cc1. The Kier molecular flexibility index (Phi) is 2.99. The number of aromatic nitrogens is 3. The predicted molar refractivity (Wildman–Crippen MR) is 76.2 cm³/mol. The lowest BCUT2D eigenvalue weighted by molar-refractivity contribution is 1.20.